The van der Waals surface area contributed by atoms with Crippen LogP contribution in [0.5, 0.6) is 5.75 Å². The van der Waals surface area contributed by atoms with Gasteiger partial charge in [-0.2, -0.15) is 0 Å². The zero-order chi connectivity index (χ0) is 15.4. The smallest absolute Gasteiger partial charge is 0.355 e. The SMILES string of the molecule is C.COc1ccc(-c2ccc(C(C)C(=O)OF)cc2F)cc1. The summed E-state index contributed by atoms with van der Waals surface area (Å²) in [5, 5.41) is 0. The average molecular weight is 308 g/mol. The third-order valence-electron chi connectivity index (χ3n) is 3.32. The van der Waals surface area contributed by atoms with Crippen molar-refractivity contribution in [2.75, 3.05) is 7.11 Å². The predicted molar refractivity (Wildman–Crippen MR) is 80.7 cm³/mol. The molecular weight excluding hydrogens is 290 g/mol. The molecule has 0 bridgehead atoms. The molecule has 2 rings (SSSR count). The van der Waals surface area contributed by atoms with Gasteiger partial charge in [-0.3, -0.25) is 4.94 Å². The number of hydrogen-bond donors (Lipinski definition) is 0. The van der Waals surface area contributed by atoms with Crippen LogP contribution in [0.25, 0.3) is 11.1 Å². The number of carbonyl (C=O) groups excluding carboxylic acids is 1. The van der Waals surface area contributed by atoms with E-state index in [2.05, 4.69) is 4.94 Å². The second-order valence-electron chi connectivity index (χ2n) is 4.59. The van der Waals surface area contributed by atoms with E-state index in [1.165, 1.54) is 13.0 Å². The van der Waals surface area contributed by atoms with E-state index in [-0.39, 0.29) is 7.43 Å². The number of benzene rings is 2. The molecule has 0 radical (unpaired) electrons. The highest BCUT2D eigenvalue weighted by molar-refractivity contribution is 5.77. The van der Waals surface area contributed by atoms with Gasteiger partial charge in [-0.05, 0) is 36.2 Å². The standard InChI is InChI=1S/C16H14F2O3.CH4/c1-10(16(19)21-18)12-5-8-14(15(17)9-12)11-3-6-13(20-2)7-4-11;/h3-10H,1-2H3;1H4. The number of halogens is 2. The van der Waals surface area contributed by atoms with Crippen molar-refractivity contribution in [1.29, 1.82) is 0 Å². The first-order chi connectivity index (χ1) is 10.1. The van der Waals surface area contributed by atoms with Gasteiger partial charge < -0.3 is 4.74 Å². The molecule has 0 aliphatic heterocycles. The Hall–Kier alpha value is -2.43. The third kappa shape index (κ3) is 3.61. The lowest BCUT2D eigenvalue weighted by molar-refractivity contribution is -0.185. The van der Waals surface area contributed by atoms with Crippen molar-refractivity contribution in [1.82, 2.24) is 0 Å². The first-order valence-corrected chi connectivity index (χ1v) is 6.33. The molecule has 2 aromatic rings. The van der Waals surface area contributed by atoms with Gasteiger partial charge in [-0.25, -0.2) is 9.18 Å². The maximum absolute atomic E-state index is 14.2. The molecular formula is C17H18F2O3. The van der Waals surface area contributed by atoms with Gasteiger partial charge in [0.15, 0.2) is 0 Å². The van der Waals surface area contributed by atoms with Gasteiger partial charge in [0.25, 0.3) is 0 Å². The average Bonchev–Trinajstić information content (AvgIpc) is 2.53. The zero-order valence-corrected chi connectivity index (χ0v) is 11.6. The highest BCUT2D eigenvalue weighted by atomic mass is 19.3. The highest BCUT2D eigenvalue weighted by Crippen LogP contribution is 2.28. The van der Waals surface area contributed by atoms with Gasteiger partial charge in [0, 0.05) is 10.1 Å². The molecule has 0 aliphatic carbocycles. The van der Waals surface area contributed by atoms with Gasteiger partial charge in [0.2, 0.25) is 0 Å². The Labute approximate surface area is 128 Å². The van der Waals surface area contributed by atoms with Crippen LogP contribution in [0.2, 0.25) is 0 Å². The van der Waals surface area contributed by atoms with Crippen LogP contribution >= 0.6 is 0 Å². The topological polar surface area (TPSA) is 35.5 Å². The number of hydrogen-bond acceptors (Lipinski definition) is 3. The van der Waals surface area contributed by atoms with Gasteiger partial charge in [0.1, 0.15) is 11.6 Å². The molecule has 22 heavy (non-hydrogen) atoms. The van der Waals surface area contributed by atoms with Gasteiger partial charge >= 0.3 is 5.97 Å². The van der Waals surface area contributed by atoms with Crippen LogP contribution in [-0.2, 0) is 9.74 Å². The second kappa shape index (κ2) is 7.54. The number of methoxy groups -OCH3 is 1. The molecule has 0 N–H and O–H groups in total. The van der Waals surface area contributed by atoms with Crippen molar-refractivity contribution in [2.24, 2.45) is 0 Å². The van der Waals surface area contributed by atoms with E-state index in [0.29, 0.717) is 22.4 Å². The lowest BCUT2D eigenvalue weighted by Gasteiger charge is -2.10. The normalized spacial score (nSPS) is 11.3. The van der Waals surface area contributed by atoms with E-state index >= 15 is 0 Å². The number of ether oxygens (including phenoxy) is 1. The van der Waals surface area contributed by atoms with Gasteiger partial charge in [-0.1, -0.05) is 31.7 Å². The Kier molecular flexibility index (Phi) is 6.04. The molecule has 0 saturated heterocycles. The Morgan fingerprint density at radius 2 is 1.77 bits per heavy atom. The first-order valence-electron chi connectivity index (χ1n) is 6.33. The molecule has 0 aliphatic rings. The fourth-order valence-electron chi connectivity index (χ4n) is 2.01. The molecule has 0 aromatic heterocycles. The summed E-state index contributed by atoms with van der Waals surface area (Å²) in [5.41, 5.74) is 1.43. The molecule has 1 atom stereocenters. The Morgan fingerprint density at radius 1 is 1.14 bits per heavy atom. The molecule has 118 valence electrons. The van der Waals surface area contributed by atoms with Crippen molar-refractivity contribution in [3.8, 4) is 16.9 Å². The van der Waals surface area contributed by atoms with Crippen LogP contribution in [-0.4, -0.2) is 13.1 Å². The fourth-order valence-corrected chi connectivity index (χ4v) is 2.01. The largest absolute Gasteiger partial charge is 0.497 e. The lowest BCUT2D eigenvalue weighted by atomic mass is 9.97. The van der Waals surface area contributed by atoms with Crippen LogP contribution in [0.3, 0.4) is 0 Å². The summed E-state index contributed by atoms with van der Waals surface area (Å²) in [6.07, 6.45) is 0. The van der Waals surface area contributed by atoms with Crippen LogP contribution in [0, 0.1) is 5.82 Å². The minimum Gasteiger partial charge on any atom is -0.497 e. The summed E-state index contributed by atoms with van der Waals surface area (Å²) in [7, 11) is 1.55. The first kappa shape index (κ1) is 17.6. The minimum absolute atomic E-state index is 0. The van der Waals surface area contributed by atoms with Crippen LogP contribution in [0.4, 0.5) is 8.92 Å². The number of carbonyl (C=O) groups is 1. The molecule has 3 nitrogen and oxygen atoms in total. The predicted octanol–water partition coefficient (Wildman–Crippen LogP) is 4.67. The summed E-state index contributed by atoms with van der Waals surface area (Å²) in [4.78, 5) is 14.3. The van der Waals surface area contributed by atoms with Crippen molar-refractivity contribution >= 4 is 5.97 Å². The summed E-state index contributed by atoms with van der Waals surface area (Å²) in [6, 6.07) is 11.3. The molecule has 0 heterocycles. The molecule has 5 heteroatoms. The summed E-state index contributed by atoms with van der Waals surface area (Å²) in [6.45, 7) is 1.45. The van der Waals surface area contributed by atoms with Crippen LogP contribution < -0.4 is 4.74 Å². The van der Waals surface area contributed by atoms with E-state index in [1.807, 2.05) is 0 Å². The van der Waals surface area contributed by atoms with Crippen LogP contribution in [0.15, 0.2) is 42.5 Å². The van der Waals surface area contributed by atoms with Crippen LogP contribution in [0.1, 0.15) is 25.8 Å². The summed E-state index contributed by atoms with van der Waals surface area (Å²) < 4.78 is 31.1. The van der Waals surface area contributed by atoms with E-state index in [4.69, 9.17) is 4.74 Å². The number of rotatable bonds is 4. The van der Waals surface area contributed by atoms with E-state index < -0.39 is 17.7 Å². The molecule has 2 aromatic carbocycles. The molecule has 0 fully saturated rings. The zero-order valence-electron chi connectivity index (χ0n) is 11.6. The Balaban J connectivity index is 0.00000242. The quantitative estimate of drug-likeness (QED) is 0.823. The maximum Gasteiger partial charge on any atom is 0.355 e. The Morgan fingerprint density at radius 3 is 2.27 bits per heavy atom. The summed E-state index contributed by atoms with van der Waals surface area (Å²) in [5.74, 6) is -1.73. The van der Waals surface area contributed by atoms with E-state index in [1.54, 1.807) is 43.5 Å². The van der Waals surface area contributed by atoms with Crippen molar-refractivity contribution in [3.63, 3.8) is 0 Å². The lowest BCUT2D eigenvalue weighted by Crippen LogP contribution is -2.09. The molecule has 0 amide bonds. The Bertz CT molecular complexity index is 639. The molecule has 0 spiro atoms. The molecule has 1 unspecified atom stereocenters. The van der Waals surface area contributed by atoms with Crippen molar-refractivity contribution in [3.05, 3.63) is 53.8 Å². The molecule has 0 saturated carbocycles. The van der Waals surface area contributed by atoms with Crippen molar-refractivity contribution < 1.29 is 23.4 Å². The van der Waals surface area contributed by atoms with E-state index in [9.17, 15) is 13.7 Å². The maximum atomic E-state index is 14.2. The fraction of sp³-hybridized carbons (Fsp3) is 0.235. The van der Waals surface area contributed by atoms with E-state index in [0.717, 1.165) is 0 Å². The summed E-state index contributed by atoms with van der Waals surface area (Å²) >= 11 is 0. The third-order valence-corrected chi connectivity index (χ3v) is 3.32. The van der Waals surface area contributed by atoms with Gasteiger partial charge in [0.05, 0.1) is 13.0 Å². The highest BCUT2D eigenvalue weighted by Gasteiger charge is 2.19. The van der Waals surface area contributed by atoms with Gasteiger partial charge in [-0.15, -0.1) is 0 Å². The minimum atomic E-state index is -1.05. The van der Waals surface area contributed by atoms with Crippen molar-refractivity contribution in [2.45, 2.75) is 20.3 Å². The second-order valence-corrected chi connectivity index (χ2v) is 4.59. The monoisotopic (exact) mass is 308 g/mol.